The summed E-state index contributed by atoms with van der Waals surface area (Å²) in [6, 6.07) is 12.6. The predicted molar refractivity (Wildman–Crippen MR) is 86.5 cm³/mol. The number of halogens is 1. The molecule has 0 aliphatic heterocycles. The molecule has 0 N–H and O–H groups in total. The summed E-state index contributed by atoms with van der Waals surface area (Å²) in [5, 5.41) is 0. The first kappa shape index (κ1) is 13.5. The van der Waals surface area contributed by atoms with Crippen molar-refractivity contribution in [1.29, 1.82) is 0 Å². The van der Waals surface area contributed by atoms with Gasteiger partial charge in [-0.3, -0.25) is 0 Å². The van der Waals surface area contributed by atoms with Crippen LogP contribution in [0.5, 0.6) is 0 Å². The Kier molecular flexibility index (Phi) is 3.24. The van der Waals surface area contributed by atoms with E-state index >= 15 is 0 Å². The number of para-hydroxylation sites is 2. The molecule has 2 heterocycles. The van der Waals surface area contributed by atoms with Crippen LogP contribution in [0.2, 0.25) is 0 Å². The Morgan fingerprint density at radius 1 is 1.09 bits per heavy atom. The molecule has 0 bridgehead atoms. The first-order valence-electron chi connectivity index (χ1n) is 7.11. The van der Waals surface area contributed by atoms with Gasteiger partial charge in [-0.05, 0) is 35.9 Å². The van der Waals surface area contributed by atoms with Crippen molar-refractivity contribution in [2.45, 2.75) is 0 Å². The summed E-state index contributed by atoms with van der Waals surface area (Å²) < 4.78 is 21.4. The van der Waals surface area contributed by atoms with E-state index in [9.17, 15) is 4.39 Å². The standard InChI is InChI=1S/C18H12FN3O/c19-14-11-13(5-7-16(14)22-10-9-20-12-22)6-8-18-21-15-3-1-2-4-17(15)23-18/h1-12H/b8-6+. The number of oxazole rings is 1. The van der Waals surface area contributed by atoms with Gasteiger partial charge in [0.2, 0.25) is 5.89 Å². The summed E-state index contributed by atoms with van der Waals surface area (Å²) in [7, 11) is 0. The molecule has 4 aromatic rings. The molecule has 4 nitrogen and oxygen atoms in total. The molecular formula is C18H12FN3O. The van der Waals surface area contributed by atoms with E-state index in [4.69, 9.17) is 4.42 Å². The molecule has 0 fully saturated rings. The molecule has 0 saturated heterocycles. The maximum atomic E-state index is 14.2. The molecule has 0 unspecified atom stereocenters. The predicted octanol–water partition coefficient (Wildman–Crippen LogP) is 4.32. The lowest BCUT2D eigenvalue weighted by atomic mass is 10.2. The van der Waals surface area contributed by atoms with Gasteiger partial charge in [0.1, 0.15) is 11.3 Å². The van der Waals surface area contributed by atoms with E-state index in [1.54, 1.807) is 41.5 Å². The Morgan fingerprint density at radius 2 is 2.00 bits per heavy atom. The fourth-order valence-electron chi connectivity index (χ4n) is 2.37. The van der Waals surface area contributed by atoms with Crippen molar-refractivity contribution in [3.8, 4) is 5.69 Å². The van der Waals surface area contributed by atoms with Crippen LogP contribution in [0.1, 0.15) is 11.5 Å². The molecule has 23 heavy (non-hydrogen) atoms. The van der Waals surface area contributed by atoms with E-state index in [1.165, 1.54) is 6.07 Å². The zero-order chi connectivity index (χ0) is 15.6. The van der Waals surface area contributed by atoms with Gasteiger partial charge in [0.15, 0.2) is 5.58 Å². The molecular weight excluding hydrogens is 293 g/mol. The second kappa shape index (κ2) is 5.53. The number of rotatable bonds is 3. The molecule has 2 aromatic carbocycles. The van der Waals surface area contributed by atoms with Crippen molar-refractivity contribution in [2.75, 3.05) is 0 Å². The van der Waals surface area contributed by atoms with Crippen molar-refractivity contribution in [2.24, 2.45) is 0 Å². The van der Waals surface area contributed by atoms with E-state index in [-0.39, 0.29) is 5.82 Å². The number of nitrogens with zero attached hydrogens (tertiary/aromatic N) is 3. The van der Waals surface area contributed by atoms with Gasteiger partial charge < -0.3 is 8.98 Å². The van der Waals surface area contributed by atoms with Gasteiger partial charge in [-0.2, -0.15) is 0 Å². The normalized spacial score (nSPS) is 11.5. The lowest BCUT2D eigenvalue weighted by Crippen LogP contribution is -1.94. The average Bonchev–Trinajstić information content (AvgIpc) is 3.22. The molecule has 112 valence electrons. The van der Waals surface area contributed by atoms with E-state index < -0.39 is 0 Å². The first-order valence-corrected chi connectivity index (χ1v) is 7.11. The second-order valence-electron chi connectivity index (χ2n) is 5.03. The number of hydrogen-bond donors (Lipinski definition) is 0. The van der Waals surface area contributed by atoms with E-state index in [0.29, 0.717) is 11.6 Å². The lowest BCUT2D eigenvalue weighted by Gasteiger charge is -2.04. The maximum absolute atomic E-state index is 14.2. The summed E-state index contributed by atoms with van der Waals surface area (Å²) in [5.41, 5.74) is 2.72. The minimum atomic E-state index is -0.317. The third-order valence-electron chi connectivity index (χ3n) is 3.48. The number of hydrogen-bond acceptors (Lipinski definition) is 3. The molecule has 5 heteroatoms. The van der Waals surface area contributed by atoms with Crippen LogP contribution >= 0.6 is 0 Å². The average molecular weight is 305 g/mol. The molecule has 0 aliphatic rings. The summed E-state index contributed by atoms with van der Waals surface area (Å²) in [6.07, 6.45) is 8.37. The van der Waals surface area contributed by atoms with Crippen LogP contribution in [-0.4, -0.2) is 14.5 Å². The van der Waals surface area contributed by atoms with Gasteiger partial charge in [-0.1, -0.05) is 18.2 Å². The van der Waals surface area contributed by atoms with Crippen LogP contribution in [0, 0.1) is 5.82 Å². The highest BCUT2D eigenvalue weighted by Gasteiger charge is 2.05. The topological polar surface area (TPSA) is 43.9 Å². The summed E-state index contributed by atoms with van der Waals surface area (Å²) in [6.45, 7) is 0. The minimum Gasteiger partial charge on any atom is -0.437 e. The van der Waals surface area contributed by atoms with Crippen LogP contribution in [0.3, 0.4) is 0 Å². The van der Waals surface area contributed by atoms with E-state index in [1.807, 2.05) is 30.3 Å². The Labute approximate surface area is 131 Å². The van der Waals surface area contributed by atoms with E-state index in [2.05, 4.69) is 9.97 Å². The monoisotopic (exact) mass is 305 g/mol. The Hall–Kier alpha value is -3.21. The van der Waals surface area contributed by atoms with Gasteiger partial charge in [-0.25, -0.2) is 14.4 Å². The van der Waals surface area contributed by atoms with Crippen molar-refractivity contribution in [1.82, 2.24) is 14.5 Å². The van der Waals surface area contributed by atoms with E-state index in [0.717, 1.165) is 16.7 Å². The Balaban J connectivity index is 1.62. The lowest BCUT2D eigenvalue weighted by molar-refractivity contribution is 0.589. The van der Waals surface area contributed by atoms with Gasteiger partial charge in [0.05, 0.1) is 12.0 Å². The summed E-state index contributed by atoms with van der Waals surface area (Å²) in [5.74, 6) is 0.174. The fraction of sp³-hybridized carbons (Fsp3) is 0. The quantitative estimate of drug-likeness (QED) is 0.566. The molecule has 0 saturated carbocycles. The number of aromatic nitrogens is 3. The highest BCUT2D eigenvalue weighted by atomic mass is 19.1. The third kappa shape index (κ3) is 2.64. The highest BCUT2D eigenvalue weighted by Crippen LogP contribution is 2.19. The first-order chi connectivity index (χ1) is 11.3. The zero-order valence-corrected chi connectivity index (χ0v) is 12.1. The highest BCUT2D eigenvalue weighted by molar-refractivity contribution is 5.76. The molecule has 0 aliphatic carbocycles. The molecule has 4 rings (SSSR count). The maximum Gasteiger partial charge on any atom is 0.220 e. The third-order valence-corrected chi connectivity index (χ3v) is 3.48. The van der Waals surface area contributed by atoms with Gasteiger partial charge in [0.25, 0.3) is 0 Å². The van der Waals surface area contributed by atoms with Crippen molar-refractivity contribution in [3.63, 3.8) is 0 Å². The van der Waals surface area contributed by atoms with Gasteiger partial charge in [0, 0.05) is 18.5 Å². The molecule has 0 radical (unpaired) electrons. The Morgan fingerprint density at radius 3 is 2.78 bits per heavy atom. The van der Waals surface area contributed by atoms with Crippen molar-refractivity contribution >= 4 is 23.3 Å². The smallest absolute Gasteiger partial charge is 0.220 e. The molecule has 0 amide bonds. The minimum absolute atomic E-state index is 0.317. The van der Waals surface area contributed by atoms with Crippen molar-refractivity contribution < 1.29 is 8.81 Å². The molecule has 2 aromatic heterocycles. The van der Waals surface area contributed by atoms with Crippen LogP contribution in [-0.2, 0) is 0 Å². The van der Waals surface area contributed by atoms with Gasteiger partial charge in [-0.15, -0.1) is 0 Å². The number of benzene rings is 2. The SMILES string of the molecule is Fc1cc(/C=C/c2nc3ccccc3o2)ccc1-n1ccnc1. The molecule has 0 atom stereocenters. The van der Waals surface area contributed by atoms with Crippen LogP contribution in [0.25, 0.3) is 28.9 Å². The second-order valence-corrected chi connectivity index (χ2v) is 5.03. The zero-order valence-electron chi connectivity index (χ0n) is 12.1. The largest absolute Gasteiger partial charge is 0.437 e. The van der Waals surface area contributed by atoms with Crippen LogP contribution in [0.4, 0.5) is 4.39 Å². The fourth-order valence-corrected chi connectivity index (χ4v) is 2.37. The summed E-state index contributed by atoms with van der Waals surface area (Å²) >= 11 is 0. The summed E-state index contributed by atoms with van der Waals surface area (Å²) in [4.78, 5) is 8.27. The van der Waals surface area contributed by atoms with Crippen LogP contribution in [0.15, 0.2) is 65.6 Å². The number of fused-ring (bicyclic) bond motifs is 1. The van der Waals surface area contributed by atoms with Crippen molar-refractivity contribution in [3.05, 3.63) is 78.5 Å². The van der Waals surface area contributed by atoms with Gasteiger partial charge >= 0.3 is 0 Å². The van der Waals surface area contributed by atoms with Crippen LogP contribution < -0.4 is 0 Å². The Bertz CT molecular complexity index is 954. The molecule has 0 spiro atoms. The number of imidazole rings is 1.